The zero-order valence-corrected chi connectivity index (χ0v) is 29.8. The largest absolute Gasteiger partial charge is 0.456 e. The molecule has 0 unspecified atom stereocenters. The summed E-state index contributed by atoms with van der Waals surface area (Å²) < 4.78 is 6.18. The van der Waals surface area contributed by atoms with Crippen LogP contribution < -0.4 is 0 Å². The van der Waals surface area contributed by atoms with Gasteiger partial charge in [-0.2, -0.15) is 0 Å². The summed E-state index contributed by atoms with van der Waals surface area (Å²) in [4.78, 5) is 15.1. The van der Waals surface area contributed by atoms with Crippen LogP contribution in [-0.4, -0.2) is 15.0 Å². The van der Waals surface area contributed by atoms with Crippen LogP contribution in [0.5, 0.6) is 0 Å². The lowest BCUT2D eigenvalue weighted by Gasteiger charge is -2.11. The number of para-hydroxylation sites is 1. The number of hydrogen-bond acceptors (Lipinski definition) is 4. The molecule has 0 fully saturated rings. The van der Waals surface area contributed by atoms with Gasteiger partial charge in [0.25, 0.3) is 0 Å². The van der Waals surface area contributed by atoms with Crippen molar-refractivity contribution in [2.45, 2.75) is 0 Å². The maximum absolute atomic E-state index is 6.18. The number of nitrogens with zero attached hydrogens (tertiary/aromatic N) is 3. The van der Waals surface area contributed by atoms with Gasteiger partial charge in [-0.1, -0.05) is 176 Å². The van der Waals surface area contributed by atoms with Gasteiger partial charge in [0.05, 0.1) is 0 Å². The van der Waals surface area contributed by atoms with Crippen molar-refractivity contribution in [2.75, 3.05) is 0 Å². The highest BCUT2D eigenvalue weighted by molar-refractivity contribution is 6.05. The van der Waals surface area contributed by atoms with Crippen molar-refractivity contribution in [3.63, 3.8) is 0 Å². The first-order valence-electron chi connectivity index (χ1n) is 18.4. The molecule has 0 aliphatic carbocycles. The summed E-state index contributed by atoms with van der Waals surface area (Å²) in [5.41, 5.74) is 13.7. The van der Waals surface area contributed by atoms with Gasteiger partial charge in [0, 0.05) is 27.5 Å². The molecule has 258 valence electrons. The second-order valence-corrected chi connectivity index (χ2v) is 13.7. The zero-order chi connectivity index (χ0) is 36.6. The normalized spacial score (nSPS) is 11.3. The van der Waals surface area contributed by atoms with Gasteiger partial charge in [-0.25, -0.2) is 15.0 Å². The van der Waals surface area contributed by atoms with E-state index in [1.165, 1.54) is 16.7 Å². The molecule has 4 nitrogen and oxygen atoms in total. The van der Waals surface area contributed by atoms with E-state index in [1.807, 2.05) is 30.3 Å². The molecule has 0 aliphatic heterocycles. The maximum Gasteiger partial charge on any atom is 0.164 e. The summed E-state index contributed by atoms with van der Waals surface area (Å²) in [5, 5.41) is 2.24. The first kappa shape index (κ1) is 32.2. The molecule has 0 radical (unpaired) electrons. The van der Waals surface area contributed by atoms with E-state index in [4.69, 9.17) is 19.4 Å². The van der Waals surface area contributed by atoms with Gasteiger partial charge in [0.15, 0.2) is 17.5 Å². The van der Waals surface area contributed by atoms with E-state index in [0.29, 0.717) is 17.5 Å². The fraction of sp³-hybridized carbons (Fsp3) is 0. The Morgan fingerprint density at radius 2 is 0.582 bits per heavy atom. The van der Waals surface area contributed by atoms with Crippen LogP contribution in [0.1, 0.15) is 0 Å². The minimum atomic E-state index is 0.617. The maximum atomic E-state index is 6.18. The number of benzene rings is 8. The molecule has 10 rings (SSSR count). The summed E-state index contributed by atoms with van der Waals surface area (Å²) in [6, 6.07) is 69.4. The Morgan fingerprint density at radius 1 is 0.236 bits per heavy atom. The smallest absolute Gasteiger partial charge is 0.164 e. The van der Waals surface area contributed by atoms with Gasteiger partial charge in [0.1, 0.15) is 11.2 Å². The van der Waals surface area contributed by atoms with Crippen LogP contribution in [0.4, 0.5) is 0 Å². The molecule has 0 saturated heterocycles. The van der Waals surface area contributed by atoms with Gasteiger partial charge in [-0.15, -0.1) is 0 Å². The molecular weight excluding hydrogens is 671 g/mol. The molecule has 55 heavy (non-hydrogen) atoms. The highest BCUT2D eigenvalue weighted by Gasteiger charge is 2.14. The molecule has 0 spiro atoms. The number of aromatic nitrogens is 3. The number of hydrogen-bond donors (Lipinski definition) is 0. The Morgan fingerprint density at radius 3 is 1.11 bits per heavy atom. The lowest BCUT2D eigenvalue weighted by molar-refractivity contribution is 0.669. The quantitative estimate of drug-likeness (QED) is 0.166. The van der Waals surface area contributed by atoms with Gasteiger partial charge in [0.2, 0.25) is 0 Å². The first-order chi connectivity index (χ1) is 27.2. The molecule has 0 saturated carbocycles. The third kappa shape index (κ3) is 6.36. The van der Waals surface area contributed by atoms with Gasteiger partial charge >= 0.3 is 0 Å². The Kier molecular flexibility index (Phi) is 8.12. The third-order valence-corrected chi connectivity index (χ3v) is 10.2. The Hall–Kier alpha value is -7.43. The van der Waals surface area contributed by atoms with Crippen molar-refractivity contribution in [1.29, 1.82) is 0 Å². The van der Waals surface area contributed by atoms with E-state index in [2.05, 4.69) is 170 Å². The van der Waals surface area contributed by atoms with Gasteiger partial charge < -0.3 is 4.42 Å². The molecular formula is C51H33N3O. The topological polar surface area (TPSA) is 51.8 Å². The number of furan rings is 1. The Balaban J connectivity index is 1.01. The average molecular weight is 704 g/mol. The van der Waals surface area contributed by atoms with Crippen molar-refractivity contribution in [1.82, 2.24) is 15.0 Å². The monoisotopic (exact) mass is 703 g/mol. The van der Waals surface area contributed by atoms with E-state index in [-0.39, 0.29) is 0 Å². The van der Waals surface area contributed by atoms with Crippen LogP contribution in [0.25, 0.3) is 101 Å². The Labute approximate surface area is 319 Å². The van der Waals surface area contributed by atoms with E-state index in [1.54, 1.807) is 0 Å². The fourth-order valence-electron chi connectivity index (χ4n) is 7.24. The van der Waals surface area contributed by atoms with Crippen LogP contribution >= 0.6 is 0 Å². The molecule has 0 bridgehead atoms. The summed E-state index contributed by atoms with van der Waals surface area (Å²) >= 11 is 0. The third-order valence-electron chi connectivity index (χ3n) is 10.2. The minimum absolute atomic E-state index is 0.617. The van der Waals surface area contributed by atoms with Crippen LogP contribution in [0, 0.1) is 0 Å². The molecule has 8 aromatic carbocycles. The van der Waals surface area contributed by atoms with E-state index in [0.717, 1.165) is 66.4 Å². The van der Waals surface area contributed by atoms with Crippen molar-refractivity contribution in [3.05, 3.63) is 200 Å². The van der Waals surface area contributed by atoms with Crippen LogP contribution in [0.2, 0.25) is 0 Å². The Bertz CT molecular complexity index is 2930. The van der Waals surface area contributed by atoms with Crippen molar-refractivity contribution in [2.24, 2.45) is 0 Å². The van der Waals surface area contributed by atoms with E-state index >= 15 is 0 Å². The van der Waals surface area contributed by atoms with Gasteiger partial charge in [-0.05, 0) is 68.8 Å². The summed E-state index contributed by atoms with van der Waals surface area (Å²) in [5.74, 6) is 1.86. The highest BCUT2D eigenvalue weighted by atomic mass is 16.3. The van der Waals surface area contributed by atoms with Crippen LogP contribution in [0.15, 0.2) is 205 Å². The number of fused-ring (bicyclic) bond motifs is 3. The number of rotatable bonds is 7. The van der Waals surface area contributed by atoms with Crippen LogP contribution in [0.3, 0.4) is 0 Å². The lowest BCUT2D eigenvalue weighted by atomic mass is 9.98. The molecule has 0 atom stereocenters. The van der Waals surface area contributed by atoms with Crippen molar-refractivity contribution >= 4 is 21.9 Å². The van der Waals surface area contributed by atoms with Crippen LogP contribution in [-0.2, 0) is 0 Å². The zero-order valence-electron chi connectivity index (χ0n) is 29.8. The second-order valence-electron chi connectivity index (χ2n) is 13.7. The molecule has 0 amide bonds. The molecule has 2 aromatic heterocycles. The van der Waals surface area contributed by atoms with E-state index in [9.17, 15) is 0 Å². The second kappa shape index (κ2) is 13.8. The molecule has 10 aromatic rings. The molecule has 4 heteroatoms. The first-order valence-corrected chi connectivity index (χ1v) is 18.4. The minimum Gasteiger partial charge on any atom is -0.456 e. The molecule has 2 heterocycles. The van der Waals surface area contributed by atoms with Crippen molar-refractivity contribution in [3.8, 4) is 78.7 Å². The highest BCUT2D eigenvalue weighted by Crippen LogP contribution is 2.34. The standard InChI is InChI=1S/C51H33N3O/c1-3-10-34(11-4-1)36-18-24-39(25-19-36)49-52-50(40-26-20-37(21-27-40)43-15-9-14-42(32-43)35-12-5-2-6-13-35)54-51(53-49)41-28-22-38(23-29-41)44-30-31-46-45-16-7-8-17-47(45)55-48(46)33-44/h1-33H. The summed E-state index contributed by atoms with van der Waals surface area (Å²) in [6.45, 7) is 0. The molecule has 0 aliphatic rings. The average Bonchev–Trinajstić information content (AvgIpc) is 3.65. The predicted molar refractivity (Wildman–Crippen MR) is 225 cm³/mol. The van der Waals surface area contributed by atoms with Gasteiger partial charge in [-0.3, -0.25) is 0 Å². The SMILES string of the molecule is c1ccc(-c2ccc(-c3nc(-c4ccc(-c5cccc(-c6ccccc6)c5)cc4)nc(-c4ccc(-c5ccc6c(c5)oc5ccccc56)cc4)n3)cc2)cc1. The molecule has 0 N–H and O–H groups in total. The van der Waals surface area contributed by atoms with E-state index < -0.39 is 0 Å². The summed E-state index contributed by atoms with van der Waals surface area (Å²) in [7, 11) is 0. The van der Waals surface area contributed by atoms with Crippen molar-refractivity contribution < 1.29 is 4.42 Å². The predicted octanol–water partition coefficient (Wildman–Crippen LogP) is 13.4. The lowest BCUT2D eigenvalue weighted by Crippen LogP contribution is -2.00. The summed E-state index contributed by atoms with van der Waals surface area (Å²) in [6.07, 6.45) is 0. The fourth-order valence-corrected chi connectivity index (χ4v) is 7.24.